The van der Waals surface area contributed by atoms with Crippen LogP contribution in [0, 0.1) is 10.1 Å². The number of amides is 1. The molecule has 9 heteroatoms. The Kier molecular flexibility index (Phi) is 7.32. The van der Waals surface area contributed by atoms with Gasteiger partial charge in [-0.15, -0.1) is 0 Å². The Morgan fingerprint density at radius 3 is 2.50 bits per heavy atom. The molecule has 0 radical (unpaired) electrons. The summed E-state index contributed by atoms with van der Waals surface area (Å²) in [7, 11) is 0. The number of carbonyl (C=O) groups is 1. The number of rotatable bonds is 9. The Morgan fingerprint density at radius 1 is 1.25 bits per heavy atom. The van der Waals surface area contributed by atoms with Crippen molar-refractivity contribution in [2.24, 2.45) is 5.10 Å². The summed E-state index contributed by atoms with van der Waals surface area (Å²) in [4.78, 5) is 23.9. The number of phenols is 1. The first kappa shape index (κ1) is 20.7. The number of nitrogens with one attached hydrogen (secondary N) is 1. The van der Waals surface area contributed by atoms with Gasteiger partial charge in [0.15, 0.2) is 6.61 Å². The highest BCUT2D eigenvalue weighted by atomic mass is 16.6. The van der Waals surface area contributed by atoms with Crippen LogP contribution < -0.4 is 15.1 Å². The van der Waals surface area contributed by atoms with Crippen LogP contribution in [0.4, 0.5) is 11.4 Å². The van der Waals surface area contributed by atoms with Crippen molar-refractivity contribution in [2.75, 3.05) is 24.6 Å². The van der Waals surface area contributed by atoms with Gasteiger partial charge >= 0.3 is 0 Å². The number of anilines is 1. The molecule has 2 rings (SSSR count). The second-order valence-corrected chi connectivity index (χ2v) is 5.75. The third-order valence-electron chi connectivity index (χ3n) is 3.95. The van der Waals surface area contributed by atoms with Gasteiger partial charge in [0.2, 0.25) is 0 Å². The summed E-state index contributed by atoms with van der Waals surface area (Å²) < 4.78 is 5.23. The lowest BCUT2D eigenvalue weighted by Crippen LogP contribution is -2.24. The fourth-order valence-electron chi connectivity index (χ4n) is 2.45. The Morgan fingerprint density at radius 2 is 1.93 bits per heavy atom. The van der Waals surface area contributed by atoms with Gasteiger partial charge in [-0.3, -0.25) is 14.9 Å². The fourth-order valence-corrected chi connectivity index (χ4v) is 2.45. The van der Waals surface area contributed by atoms with Gasteiger partial charge in [-0.1, -0.05) is 0 Å². The van der Waals surface area contributed by atoms with Crippen LogP contribution in [0.25, 0.3) is 0 Å². The van der Waals surface area contributed by atoms with Crippen LogP contribution in [-0.4, -0.2) is 41.8 Å². The van der Waals surface area contributed by atoms with E-state index in [1.165, 1.54) is 30.5 Å². The molecule has 0 heterocycles. The Hall–Kier alpha value is -3.62. The van der Waals surface area contributed by atoms with Crippen molar-refractivity contribution in [3.63, 3.8) is 0 Å². The molecule has 0 unspecified atom stereocenters. The molecule has 0 fully saturated rings. The van der Waals surface area contributed by atoms with Gasteiger partial charge in [-0.25, -0.2) is 5.43 Å². The van der Waals surface area contributed by atoms with Crippen molar-refractivity contribution in [3.05, 3.63) is 58.1 Å². The topological polar surface area (TPSA) is 117 Å². The summed E-state index contributed by atoms with van der Waals surface area (Å²) in [6.45, 7) is 5.42. The highest BCUT2D eigenvalue weighted by Crippen LogP contribution is 2.23. The summed E-state index contributed by atoms with van der Waals surface area (Å²) in [5.74, 6) is -0.118. The molecule has 0 aliphatic heterocycles. The normalized spacial score (nSPS) is 10.6. The van der Waals surface area contributed by atoms with Crippen molar-refractivity contribution in [1.82, 2.24) is 5.43 Å². The average molecular weight is 386 g/mol. The molecule has 2 aromatic rings. The first-order valence-electron chi connectivity index (χ1n) is 8.71. The van der Waals surface area contributed by atoms with Gasteiger partial charge in [0, 0.05) is 42.5 Å². The van der Waals surface area contributed by atoms with Crippen molar-refractivity contribution in [3.8, 4) is 11.5 Å². The van der Waals surface area contributed by atoms with Crippen LogP contribution in [0.3, 0.4) is 0 Å². The van der Waals surface area contributed by atoms with Crippen LogP contribution in [0.1, 0.15) is 19.4 Å². The number of hydrazone groups is 1. The number of nitro benzene ring substituents is 1. The lowest BCUT2D eigenvalue weighted by molar-refractivity contribution is -0.384. The maximum atomic E-state index is 11.8. The van der Waals surface area contributed by atoms with Crippen LogP contribution in [0.2, 0.25) is 0 Å². The van der Waals surface area contributed by atoms with Gasteiger partial charge in [-0.05, 0) is 38.1 Å². The summed E-state index contributed by atoms with van der Waals surface area (Å²) >= 11 is 0. The molecule has 28 heavy (non-hydrogen) atoms. The standard InChI is InChI=1S/C19H22N4O5/c1-3-22(4-2)16-6-5-14(18(24)11-16)12-20-21-19(25)13-28-17-9-7-15(8-10-17)23(26)27/h5-12,24H,3-4,13H2,1-2H3,(H,21,25)/b20-12+. The van der Waals surface area contributed by atoms with Crippen LogP contribution in [0.5, 0.6) is 11.5 Å². The van der Waals surface area contributed by atoms with Gasteiger partial charge in [0.05, 0.1) is 11.1 Å². The second kappa shape index (κ2) is 9.91. The number of benzene rings is 2. The van der Waals surface area contributed by atoms with E-state index in [1.54, 1.807) is 12.1 Å². The number of carbonyl (C=O) groups excluding carboxylic acids is 1. The van der Waals surface area contributed by atoms with Crippen molar-refractivity contribution >= 4 is 23.5 Å². The highest BCUT2D eigenvalue weighted by molar-refractivity contribution is 5.86. The molecule has 148 valence electrons. The minimum atomic E-state index is -0.519. The maximum absolute atomic E-state index is 11.8. The highest BCUT2D eigenvalue weighted by Gasteiger charge is 2.07. The summed E-state index contributed by atoms with van der Waals surface area (Å²) in [6, 6.07) is 10.6. The SMILES string of the molecule is CCN(CC)c1ccc(/C=N/NC(=O)COc2ccc([N+](=O)[O-])cc2)c(O)c1. The predicted molar refractivity (Wildman–Crippen MR) is 106 cm³/mol. The zero-order valence-corrected chi connectivity index (χ0v) is 15.7. The van der Waals surface area contributed by atoms with E-state index >= 15 is 0 Å². The lowest BCUT2D eigenvalue weighted by atomic mass is 10.2. The summed E-state index contributed by atoms with van der Waals surface area (Å²) in [5.41, 5.74) is 3.60. The number of aromatic hydroxyl groups is 1. The monoisotopic (exact) mass is 386 g/mol. The largest absolute Gasteiger partial charge is 0.507 e. The lowest BCUT2D eigenvalue weighted by Gasteiger charge is -2.21. The van der Waals surface area contributed by atoms with E-state index in [0.717, 1.165) is 18.8 Å². The number of hydrogen-bond acceptors (Lipinski definition) is 7. The second-order valence-electron chi connectivity index (χ2n) is 5.75. The van der Waals surface area contributed by atoms with Crippen molar-refractivity contribution < 1.29 is 19.6 Å². The molecule has 2 aromatic carbocycles. The Bertz CT molecular complexity index is 848. The number of ether oxygens (including phenoxy) is 1. The fraction of sp³-hybridized carbons (Fsp3) is 0.263. The minimum absolute atomic E-state index is 0.0597. The molecule has 1 amide bonds. The summed E-state index contributed by atoms with van der Waals surface area (Å²) in [6.07, 6.45) is 1.34. The van der Waals surface area contributed by atoms with E-state index in [9.17, 15) is 20.0 Å². The number of phenolic OH excluding ortho intramolecular Hbond substituents is 1. The minimum Gasteiger partial charge on any atom is -0.507 e. The smallest absolute Gasteiger partial charge is 0.277 e. The van der Waals surface area contributed by atoms with Crippen LogP contribution in [0.15, 0.2) is 47.6 Å². The molecule has 0 spiro atoms. The van der Waals surface area contributed by atoms with E-state index < -0.39 is 10.8 Å². The molecule has 0 aromatic heterocycles. The van der Waals surface area contributed by atoms with Gasteiger partial charge < -0.3 is 14.7 Å². The number of non-ortho nitro benzene ring substituents is 1. The van der Waals surface area contributed by atoms with Gasteiger partial charge in [0.25, 0.3) is 11.6 Å². The van der Waals surface area contributed by atoms with E-state index in [-0.39, 0.29) is 18.0 Å². The quantitative estimate of drug-likeness (QED) is 0.389. The Labute approximate surface area is 162 Å². The van der Waals surface area contributed by atoms with E-state index in [4.69, 9.17) is 4.74 Å². The number of hydrogen-bond donors (Lipinski definition) is 2. The zero-order valence-electron chi connectivity index (χ0n) is 15.7. The molecule has 0 saturated heterocycles. The molecule has 9 nitrogen and oxygen atoms in total. The zero-order chi connectivity index (χ0) is 20.5. The van der Waals surface area contributed by atoms with Gasteiger partial charge in [0.1, 0.15) is 11.5 Å². The molecular formula is C19H22N4O5. The number of nitrogens with zero attached hydrogens (tertiary/aromatic N) is 3. The molecule has 0 saturated carbocycles. The first-order chi connectivity index (χ1) is 13.4. The molecule has 0 atom stereocenters. The molecule has 0 aliphatic carbocycles. The van der Waals surface area contributed by atoms with Crippen molar-refractivity contribution in [2.45, 2.75) is 13.8 Å². The molecule has 0 aliphatic rings. The van der Waals surface area contributed by atoms with E-state index in [2.05, 4.69) is 15.4 Å². The maximum Gasteiger partial charge on any atom is 0.277 e. The van der Waals surface area contributed by atoms with Crippen molar-refractivity contribution in [1.29, 1.82) is 0 Å². The van der Waals surface area contributed by atoms with E-state index in [0.29, 0.717) is 11.3 Å². The van der Waals surface area contributed by atoms with Gasteiger partial charge in [-0.2, -0.15) is 5.10 Å². The van der Waals surface area contributed by atoms with Crippen LogP contribution in [-0.2, 0) is 4.79 Å². The molecule has 2 N–H and O–H groups in total. The van der Waals surface area contributed by atoms with E-state index in [1.807, 2.05) is 19.9 Å². The summed E-state index contributed by atoms with van der Waals surface area (Å²) in [5, 5.41) is 24.5. The third-order valence-corrected chi connectivity index (χ3v) is 3.95. The average Bonchev–Trinajstić information content (AvgIpc) is 2.69. The molecular weight excluding hydrogens is 364 g/mol. The Balaban J connectivity index is 1.86. The van der Waals surface area contributed by atoms with Crippen LogP contribution >= 0.6 is 0 Å². The molecule has 0 bridgehead atoms. The predicted octanol–water partition coefficient (Wildman–Crippen LogP) is 2.68. The third kappa shape index (κ3) is 5.70. The first-order valence-corrected chi connectivity index (χ1v) is 8.71. The number of nitro groups is 1.